The van der Waals surface area contributed by atoms with Crippen molar-refractivity contribution in [1.29, 1.82) is 0 Å². The molecule has 0 aromatic rings. The number of aliphatic hydroxyl groups excluding tert-OH is 3. The van der Waals surface area contributed by atoms with Gasteiger partial charge in [0.05, 0.1) is 19.8 Å². The van der Waals surface area contributed by atoms with E-state index in [1.807, 2.05) is 6.92 Å². The summed E-state index contributed by atoms with van der Waals surface area (Å²) in [6, 6.07) is 0. The van der Waals surface area contributed by atoms with Crippen LogP contribution in [0, 0.1) is 5.41 Å². The highest BCUT2D eigenvalue weighted by Gasteiger charge is 2.24. The molecule has 0 heterocycles. The van der Waals surface area contributed by atoms with Gasteiger partial charge in [-0.15, -0.1) is 0 Å². The molecular formula is C33H66O7. The van der Waals surface area contributed by atoms with E-state index in [0.717, 1.165) is 25.7 Å². The van der Waals surface area contributed by atoms with Crippen LogP contribution in [-0.4, -0.2) is 57.3 Å². The molecule has 40 heavy (non-hydrogen) atoms. The van der Waals surface area contributed by atoms with Gasteiger partial charge in [0.15, 0.2) is 0 Å². The van der Waals surface area contributed by atoms with Crippen molar-refractivity contribution >= 4 is 11.9 Å². The lowest BCUT2D eigenvalue weighted by Crippen LogP contribution is -2.32. The first kappa shape index (κ1) is 43.0. The lowest BCUT2D eigenvalue weighted by atomic mass is 9.88. The molecule has 0 amide bonds. The first-order valence-electron chi connectivity index (χ1n) is 16.2. The van der Waals surface area contributed by atoms with Crippen LogP contribution < -0.4 is 0 Å². The average molecular weight is 575 g/mol. The maximum absolute atomic E-state index is 10.3. The third-order valence-corrected chi connectivity index (χ3v) is 7.15. The van der Waals surface area contributed by atoms with E-state index >= 15 is 0 Å². The summed E-state index contributed by atoms with van der Waals surface area (Å²) in [5, 5.41) is 42.8. The number of carbonyl (C=O) groups is 2. The molecule has 5 N–H and O–H groups in total. The van der Waals surface area contributed by atoms with Gasteiger partial charge in [-0.05, 0) is 44.9 Å². The van der Waals surface area contributed by atoms with Gasteiger partial charge in [-0.3, -0.25) is 9.59 Å². The van der Waals surface area contributed by atoms with Crippen LogP contribution in [-0.2, 0) is 9.59 Å². The van der Waals surface area contributed by atoms with E-state index < -0.39 is 17.4 Å². The minimum absolute atomic E-state index is 0.156. The Morgan fingerprint density at radius 1 is 0.500 bits per heavy atom. The molecule has 0 fully saturated rings. The van der Waals surface area contributed by atoms with E-state index in [1.54, 1.807) is 0 Å². The fourth-order valence-corrected chi connectivity index (χ4v) is 3.89. The van der Waals surface area contributed by atoms with Crippen LogP contribution in [0.1, 0.15) is 162 Å². The minimum Gasteiger partial charge on any atom is -0.481 e. The molecule has 7 nitrogen and oxygen atoms in total. The molecule has 7 heteroatoms. The molecule has 0 aliphatic carbocycles. The first-order chi connectivity index (χ1) is 19.3. The van der Waals surface area contributed by atoms with Crippen LogP contribution in [0.3, 0.4) is 0 Å². The zero-order chi connectivity index (χ0) is 30.7. The Labute approximate surface area is 246 Å². The van der Waals surface area contributed by atoms with Crippen molar-refractivity contribution in [1.82, 2.24) is 0 Å². The number of rotatable bonds is 26. The zero-order valence-electron chi connectivity index (χ0n) is 26.4. The molecule has 0 aromatic heterocycles. The summed E-state index contributed by atoms with van der Waals surface area (Å²) in [7, 11) is 0. The number of carboxylic acids is 2. The summed E-state index contributed by atoms with van der Waals surface area (Å²) in [4.78, 5) is 20.4. The van der Waals surface area contributed by atoms with Gasteiger partial charge >= 0.3 is 11.9 Å². The van der Waals surface area contributed by atoms with E-state index in [4.69, 9.17) is 25.5 Å². The highest BCUT2D eigenvalue weighted by atomic mass is 16.4. The molecule has 0 aliphatic heterocycles. The normalized spacial score (nSPS) is 11.1. The quantitative estimate of drug-likeness (QED) is 0.0518. The fourth-order valence-electron chi connectivity index (χ4n) is 3.89. The number of allylic oxidation sites excluding steroid dienone is 2. The molecule has 0 rings (SSSR count). The number of hydrogen-bond acceptors (Lipinski definition) is 5. The molecule has 0 bridgehead atoms. The lowest BCUT2D eigenvalue weighted by Gasteiger charge is -2.24. The van der Waals surface area contributed by atoms with E-state index in [1.165, 1.54) is 96.3 Å². The monoisotopic (exact) mass is 574 g/mol. The van der Waals surface area contributed by atoms with Crippen LogP contribution in [0.2, 0.25) is 0 Å². The molecule has 0 spiro atoms. The van der Waals surface area contributed by atoms with Crippen LogP contribution in [0.25, 0.3) is 0 Å². The van der Waals surface area contributed by atoms with Crippen molar-refractivity contribution in [3.05, 3.63) is 12.2 Å². The van der Waals surface area contributed by atoms with Gasteiger partial charge in [0.2, 0.25) is 0 Å². The van der Waals surface area contributed by atoms with E-state index in [-0.39, 0.29) is 19.8 Å². The van der Waals surface area contributed by atoms with Crippen LogP contribution in [0.5, 0.6) is 0 Å². The number of carboxylic acid groups (broad SMARTS) is 2. The molecule has 0 aromatic carbocycles. The Kier molecular flexibility index (Phi) is 38.3. The Hall–Kier alpha value is -1.44. The number of aliphatic carboxylic acids is 2. The van der Waals surface area contributed by atoms with Crippen molar-refractivity contribution in [2.24, 2.45) is 5.41 Å². The standard InChI is InChI=1S/C18H34O2.C9H18O2.C6H14O3/c1-2-3-4-5-6-7-8-9-10-11-12-13-14-15-16-17-18(19)20;1-2-3-4-5-6-7-8-9(10)11;1-2-6(3-7,4-8)5-9/h9-10H,2-8,11-17H2,1H3,(H,19,20);2-8H2,1H3,(H,10,11);7-9H,2-5H2,1H3. The SMILES string of the molecule is CCC(CO)(CO)CO.CCCCCCCCC(=O)O.CCCCCCCCC=CCCCCCCCC(=O)O. The van der Waals surface area contributed by atoms with Crippen LogP contribution in [0.4, 0.5) is 0 Å². The van der Waals surface area contributed by atoms with Crippen molar-refractivity contribution < 1.29 is 35.1 Å². The molecule has 240 valence electrons. The highest BCUT2D eigenvalue weighted by Crippen LogP contribution is 2.18. The second kappa shape index (κ2) is 35.6. The largest absolute Gasteiger partial charge is 0.481 e. The number of unbranched alkanes of at least 4 members (excludes halogenated alkanes) is 16. The second-order valence-corrected chi connectivity index (χ2v) is 11.0. The molecule has 0 aliphatic rings. The second-order valence-electron chi connectivity index (χ2n) is 11.0. The van der Waals surface area contributed by atoms with Crippen molar-refractivity contribution in [2.45, 2.75) is 162 Å². The maximum Gasteiger partial charge on any atom is 0.303 e. The number of aliphatic hydroxyl groups is 3. The Balaban J connectivity index is -0.000000575. The lowest BCUT2D eigenvalue weighted by molar-refractivity contribution is -0.138. The van der Waals surface area contributed by atoms with Crippen LogP contribution >= 0.6 is 0 Å². The van der Waals surface area contributed by atoms with Gasteiger partial charge < -0.3 is 25.5 Å². The third kappa shape index (κ3) is 36.6. The van der Waals surface area contributed by atoms with Gasteiger partial charge in [-0.1, -0.05) is 116 Å². The summed E-state index contributed by atoms with van der Waals surface area (Å²) in [6.07, 6.45) is 29.1. The first-order valence-corrected chi connectivity index (χ1v) is 16.2. The molecule has 0 saturated carbocycles. The number of hydrogen-bond donors (Lipinski definition) is 5. The van der Waals surface area contributed by atoms with Gasteiger partial charge in [0, 0.05) is 18.3 Å². The summed E-state index contributed by atoms with van der Waals surface area (Å²) in [6.45, 7) is 5.79. The Morgan fingerprint density at radius 3 is 1.05 bits per heavy atom. The fraction of sp³-hybridized carbons (Fsp3) is 0.879. The van der Waals surface area contributed by atoms with Gasteiger partial charge in [0.1, 0.15) is 0 Å². The average Bonchev–Trinajstić information content (AvgIpc) is 2.95. The molecule has 0 atom stereocenters. The van der Waals surface area contributed by atoms with Gasteiger partial charge in [0.25, 0.3) is 0 Å². The highest BCUT2D eigenvalue weighted by molar-refractivity contribution is 5.66. The van der Waals surface area contributed by atoms with Crippen molar-refractivity contribution in [2.75, 3.05) is 19.8 Å². The minimum atomic E-state index is -0.667. The summed E-state index contributed by atoms with van der Waals surface area (Å²) >= 11 is 0. The van der Waals surface area contributed by atoms with Crippen molar-refractivity contribution in [3.8, 4) is 0 Å². The van der Waals surface area contributed by atoms with E-state index in [9.17, 15) is 9.59 Å². The van der Waals surface area contributed by atoms with E-state index in [2.05, 4.69) is 26.0 Å². The third-order valence-electron chi connectivity index (χ3n) is 7.15. The molecular weight excluding hydrogens is 508 g/mol. The predicted octanol–water partition coefficient (Wildman–Crippen LogP) is 8.29. The molecule has 0 radical (unpaired) electrons. The predicted molar refractivity (Wildman–Crippen MR) is 167 cm³/mol. The molecule has 0 unspecified atom stereocenters. The topological polar surface area (TPSA) is 135 Å². The zero-order valence-corrected chi connectivity index (χ0v) is 26.4. The smallest absolute Gasteiger partial charge is 0.303 e. The van der Waals surface area contributed by atoms with Gasteiger partial charge in [-0.25, -0.2) is 0 Å². The summed E-state index contributed by atoms with van der Waals surface area (Å²) in [5.74, 6) is -1.33. The van der Waals surface area contributed by atoms with Crippen LogP contribution in [0.15, 0.2) is 12.2 Å². The Morgan fingerprint density at radius 2 is 0.800 bits per heavy atom. The summed E-state index contributed by atoms with van der Waals surface area (Å²) in [5.41, 5.74) is -0.667. The maximum atomic E-state index is 10.3. The van der Waals surface area contributed by atoms with Gasteiger partial charge in [-0.2, -0.15) is 0 Å². The molecule has 0 saturated heterocycles. The van der Waals surface area contributed by atoms with E-state index in [0.29, 0.717) is 19.3 Å². The Bertz CT molecular complexity index is 527. The van der Waals surface area contributed by atoms with Crippen molar-refractivity contribution in [3.63, 3.8) is 0 Å². The summed E-state index contributed by atoms with van der Waals surface area (Å²) < 4.78 is 0.